The molecule has 1 aromatic rings. The largest absolute Gasteiger partial charge is 0.508 e. The van der Waals surface area contributed by atoms with Gasteiger partial charge in [0.1, 0.15) is 5.75 Å². The molecular weight excluding hydrogens is 270 g/mol. The molecule has 6 nitrogen and oxygen atoms in total. The molecule has 3 N–H and O–H groups in total. The van der Waals surface area contributed by atoms with Gasteiger partial charge in [0.2, 0.25) is 0 Å². The van der Waals surface area contributed by atoms with Crippen LogP contribution in [-0.4, -0.2) is 35.0 Å². The number of benzene rings is 1. The maximum atomic E-state index is 12.5. The minimum absolute atomic E-state index is 0.0441. The number of carbonyl (C=O) groups is 2. The molecule has 3 rings (SSSR count). The molecule has 3 amide bonds. The van der Waals surface area contributed by atoms with E-state index in [1.165, 1.54) is 0 Å². The van der Waals surface area contributed by atoms with Crippen molar-refractivity contribution in [3.63, 3.8) is 0 Å². The van der Waals surface area contributed by atoms with E-state index in [0.29, 0.717) is 24.4 Å². The smallest absolute Gasteiger partial charge is 0.319 e. The van der Waals surface area contributed by atoms with Crippen molar-refractivity contribution in [1.82, 2.24) is 15.5 Å². The minimum atomic E-state index is -0.469. The van der Waals surface area contributed by atoms with Gasteiger partial charge in [-0.05, 0) is 24.1 Å². The highest BCUT2D eigenvalue weighted by Crippen LogP contribution is 2.32. The standard InChI is InChI=1S/C15H17N3O3/c1-2-7-18-8-11-12(14(18)20)13(17-15(21)16-11)9-3-5-10(19)6-4-9/h3-6,13,19H,2,7-8H2,1H3,(H2,16,17,21)/t13-/m1/s1. The summed E-state index contributed by atoms with van der Waals surface area (Å²) in [5, 5.41) is 14.9. The highest BCUT2D eigenvalue weighted by Gasteiger charge is 2.39. The Morgan fingerprint density at radius 2 is 2.00 bits per heavy atom. The zero-order valence-electron chi connectivity index (χ0n) is 11.7. The summed E-state index contributed by atoms with van der Waals surface area (Å²) in [6.07, 6.45) is 0.873. The average Bonchev–Trinajstić information content (AvgIpc) is 2.76. The molecule has 0 saturated heterocycles. The second kappa shape index (κ2) is 5.12. The number of aromatic hydroxyl groups is 1. The Labute approximate surface area is 122 Å². The SMILES string of the molecule is CCCN1CC2=C(C1=O)[C@@H](c1ccc(O)cc1)NC(=O)N2. The maximum absolute atomic E-state index is 12.5. The molecule has 0 bridgehead atoms. The zero-order chi connectivity index (χ0) is 15.0. The number of rotatable bonds is 3. The van der Waals surface area contributed by atoms with Crippen molar-refractivity contribution in [3.05, 3.63) is 41.1 Å². The quantitative estimate of drug-likeness (QED) is 0.782. The van der Waals surface area contributed by atoms with Crippen LogP contribution in [0.1, 0.15) is 24.9 Å². The molecule has 0 radical (unpaired) electrons. The number of carbonyl (C=O) groups excluding carboxylic acids is 2. The predicted octanol–water partition coefficient (Wildman–Crippen LogP) is 1.25. The first-order valence-corrected chi connectivity index (χ1v) is 6.99. The van der Waals surface area contributed by atoms with Crippen molar-refractivity contribution in [2.75, 3.05) is 13.1 Å². The zero-order valence-corrected chi connectivity index (χ0v) is 11.7. The molecule has 2 aliphatic rings. The van der Waals surface area contributed by atoms with Gasteiger partial charge in [-0.15, -0.1) is 0 Å². The van der Waals surface area contributed by atoms with Crippen LogP contribution in [0.25, 0.3) is 0 Å². The number of nitrogens with zero attached hydrogens (tertiary/aromatic N) is 1. The average molecular weight is 287 g/mol. The number of phenolic OH excluding ortho intramolecular Hbond substituents is 1. The van der Waals surface area contributed by atoms with Crippen molar-refractivity contribution in [3.8, 4) is 5.75 Å². The maximum Gasteiger partial charge on any atom is 0.319 e. The Kier molecular flexibility index (Phi) is 3.29. The van der Waals surface area contributed by atoms with Crippen LogP contribution in [0, 0.1) is 0 Å². The van der Waals surface area contributed by atoms with E-state index in [1.807, 2.05) is 6.92 Å². The van der Waals surface area contributed by atoms with Gasteiger partial charge in [-0.1, -0.05) is 19.1 Å². The van der Waals surface area contributed by atoms with Gasteiger partial charge in [0.25, 0.3) is 5.91 Å². The molecule has 0 aliphatic carbocycles. The lowest BCUT2D eigenvalue weighted by Crippen LogP contribution is -2.44. The van der Waals surface area contributed by atoms with Gasteiger partial charge in [0, 0.05) is 6.54 Å². The van der Waals surface area contributed by atoms with Crippen LogP contribution in [0.3, 0.4) is 0 Å². The van der Waals surface area contributed by atoms with Crippen LogP contribution in [0.5, 0.6) is 5.75 Å². The second-order valence-electron chi connectivity index (χ2n) is 5.24. The Morgan fingerprint density at radius 3 is 2.67 bits per heavy atom. The van der Waals surface area contributed by atoms with Crippen molar-refractivity contribution < 1.29 is 14.7 Å². The Bertz CT molecular complexity index is 622. The fourth-order valence-electron chi connectivity index (χ4n) is 2.80. The lowest BCUT2D eigenvalue weighted by Gasteiger charge is -2.25. The van der Waals surface area contributed by atoms with Crippen LogP contribution >= 0.6 is 0 Å². The van der Waals surface area contributed by atoms with E-state index < -0.39 is 6.04 Å². The Morgan fingerprint density at radius 1 is 1.29 bits per heavy atom. The summed E-state index contributed by atoms with van der Waals surface area (Å²) < 4.78 is 0. The third-order valence-corrected chi connectivity index (χ3v) is 3.74. The second-order valence-corrected chi connectivity index (χ2v) is 5.24. The van der Waals surface area contributed by atoms with Gasteiger partial charge in [-0.2, -0.15) is 0 Å². The minimum Gasteiger partial charge on any atom is -0.508 e. The molecule has 21 heavy (non-hydrogen) atoms. The molecule has 110 valence electrons. The van der Waals surface area contributed by atoms with E-state index in [4.69, 9.17) is 0 Å². The first-order chi connectivity index (χ1) is 10.1. The number of nitrogens with one attached hydrogen (secondary N) is 2. The first kappa shape index (κ1) is 13.5. The molecule has 6 heteroatoms. The highest BCUT2D eigenvalue weighted by molar-refractivity contribution is 6.01. The van der Waals surface area contributed by atoms with Gasteiger partial charge in [-0.3, -0.25) is 4.79 Å². The van der Waals surface area contributed by atoms with Crippen molar-refractivity contribution in [2.45, 2.75) is 19.4 Å². The van der Waals surface area contributed by atoms with Crippen LogP contribution in [0.4, 0.5) is 4.79 Å². The Balaban J connectivity index is 1.96. The summed E-state index contributed by atoms with van der Waals surface area (Å²) in [5.41, 5.74) is 2.05. The summed E-state index contributed by atoms with van der Waals surface area (Å²) in [6.45, 7) is 3.13. The van der Waals surface area contributed by atoms with Gasteiger partial charge in [0.15, 0.2) is 0 Å². The van der Waals surface area contributed by atoms with E-state index in [2.05, 4.69) is 10.6 Å². The molecule has 0 saturated carbocycles. The first-order valence-electron chi connectivity index (χ1n) is 6.99. The van der Waals surface area contributed by atoms with Crippen molar-refractivity contribution in [1.29, 1.82) is 0 Å². The van der Waals surface area contributed by atoms with Crippen LogP contribution in [0.15, 0.2) is 35.5 Å². The molecule has 0 spiro atoms. The van der Waals surface area contributed by atoms with Crippen molar-refractivity contribution >= 4 is 11.9 Å². The van der Waals surface area contributed by atoms with Gasteiger partial charge < -0.3 is 20.6 Å². The number of hydrogen-bond acceptors (Lipinski definition) is 3. The summed E-state index contributed by atoms with van der Waals surface area (Å²) in [5.74, 6) is 0.107. The van der Waals surface area contributed by atoms with E-state index in [1.54, 1.807) is 29.2 Å². The predicted molar refractivity (Wildman–Crippen MR) is 76.4 cm³/mol. The van der Waals surface area contributed by atoms with E-state index >= 15 is 0 Å². The van der Waals surface area contributed by atoms with Gasteiger partial charge in [0.05, 0.1) is 23.9 Å². The fourth-order valence-corrected chi connectivity index (χ4v) is 2.80. The summed E-state index contributed by atoms with van der Waals surface area (Å²) in [6, 6.07) is 5.75. The fraction of sp³-hybridized carbons (Fsp3) is 0.333. The normalized spacial score (nSPS) is 21.2. The van der Waals surface area contributed by atoms with E-state index in [9.17, 15) is 14.7 Å². The molecule has 1 atom stereocenters. The third-order valence-electron chi connectivity index (χ3n) is 3.74. The summed E-state index contributed by atoms with van der Waals surface area (Å²) in [7, 11) is 0. The number of phenols is 1. The van der Waals surface area contributed by atoms with Crippen molar-refractivity contribution in [2.24, 2.45) is 0 Å². The molecule has 2 heterocycles. The summed E-state index contributed by atoms with van der Waals surface area (Å²) in [4.78, 5) is 26.0. The molecule has 0 unspecified atom stereocenters. The van der Waals surface area contributed by atoms with Gasteiger partial charge >= 0.3 is 6.03 Å². The number of amides is 3. The van der Waals surface area contributed by atoms with Crippen LogP contribution < -0.4 is 10.6 Å². The number of urea groups is 1. The molecule has 2 aliphatic heterocycles. The summed E-state index contributed by atoms with van der Waals surface area (Å²) >= 11 is 0. The topological polar surface area (TPSA) is 81.7 Å². The Hall–Kier alpha value is -2.50. The molecule has 0 fully saturated rings. The van der Waals surface area contributed by atoms with Crippen LogP contribution in [0.2, 0.25) is 0 Å². The lowest BCUT2D eigenvalue weighted by atomic mass is 9.96. The lowest BCUT2D eigenvalue weighted by molar-refractivity contribution is -0.125. The van der Waals surface area contributed by atoms with Gasteiger partial charge in [-0.25, -0.2) is 4.79 Å². The monoisotopic (exact) mass is 287 g/mol. The molecule has 1 aromatic carbocycles. The van der Waals surface area contributed by atoms with Crippen LogP contribution in [-0.2, 0) is 4.79 Å². The van der Waals surface area contributed by atoms with E-state index in [0.717, 1.165) is 12.0 Å². The number of hydrogen-bond donors (Lipinski definition) is 3. The van der Waals surface area contributed by atoms with E-state index in [-0.39, 0.29) is 17.7 Å². The molecule has 0 aromatic heterocycles. The third kappa shape index (κ3) is 2.33. The highest BCUT2D eigenvalue weighted by atomic mass is 16.3. The molecular formula is C15H17N3O3.